The van der Waals surface area contributed by atoms with Gasteiger partial charge in [0.1, 0.15) is 17.3 Å². The Morgan fingerprint density at radius 2 is 1.93 bits per heavy atom. The summed E-state index contributed by atoms with van der Waals surface area (Å²) in [5.74, 6) is -0.0997. The van der Waals surface area contributed by atoms with Crippen LogP contribution >= 0.6 is 0 Å². The zero-order valence-electron chi connectivity index (χ0n) is 15.7. The van der Waals surface area contributed by atoms with Crippen LogP contribution in [0.1, 0.15) is 61.7 Å². The molecule has 4 rings (SSSR count). The molecule has 1 aliphatic carbocycles. The van der Waals surface area contributed by atoms with Gasteiger partial charge in [0.25, 0.3) is 0 Å². The van der Waals surface area contributed by atoms with Gasteiger partial charge in [0.05, 0.1) is 6.04 Å². The van der Waals surface area contributed by atoms with E-state index in [2.05, 4.69) is 25.2 Å². The standard InChI is InChI=1S/C19H24N6O2/c1-11-9-21-15(22-10-11)8-12(2)17-23-24-18(14-6-4-5-7-20-14)25(17)16-13(3)19(16,26)27/h6-7,9-10,12-13,16,26-27H,4-5,8H2,1-3H3. The fraction of sp³-hybridized carbons (Fsp3) is 0.526. The van der Waals surface area contributed by atoms with Crippen molar-refractivity contribution in [1.82, 2.24) is 24.7 Å². The summed E-state index contributed by atoms with van der Waals surface area (Å²) >= 11 is 0. The van der Waals surface area contributed by atoms with Crippen molar-refractivity contribution in [3.8, 4) is 0 Å². The number of rotatable bonds is 5. The van der Waals surface area contributed by atoms with Crippen LogP contribution in [0.5, 0.6) is 0 Å². The Kier molecular flexibility index (Phi) is 4.39. The van der Waals surface area contributed by atoms with E-state index in [9.17, 15) is 10.2 Å². The molecule has 1 saturated carbocycles. The average Bonchev–Trinajstić information content (AvgIpc) is 2.98. The van der Waals surface area contributed by atoms with Gasteiger partial charge in [0.15, 0.2) is 11.6 Å². The molecular weight excluding hydrogens is 344 g/mol. The molecule has 0 radical (unpaired) electrons. The van der Waals surface area contributed by atoms with Gasteiger partial charge in [0, 0.05) is 36.9 Å². The second kappa shape index (κ2) is 6.61. The molecule has 3 unspecified atom stereocenters. The summed E-state index contributed by atoms with van der Waals surface area (Å²) in [6.45, 7) is 5.78. The Morgan fingerprint density at radius 1 is 1.22 bits per heavy atom. The summed E-state index contributed by atoms with van der Waals surface area (Å²) in [6, 6.07) is -0.489. The molecule has 0 bridgehead atoms. The van der Waals surface area contributed by atoms with E-state index in [0.29, 0.717) is 18.1 Å². The van der Waals surface area contributed by atoms with E-state index in [1.54, 1.807) is 12.4 Å². The number of hydrogen-bond donors (Lipinski definition) is 2. The van der Waals surface area contributed by atoms with E-state index in [1.165, 1.54) is 0 Å². The number of aromatic nitrogens is 5. The summed E-state index contributed by atoms with van der Waals surface area (Å²) in [7, 11) is 0. The maximum absolute atomic E-state index is 10.3. The van der Waals surface area contributed by atoms with Gasteiger partial charge in [-0.15, -0.1) is 10.2 Å². The molecule has 2 aliphatic rings. The molecule has 27 heavy (non-hydrogen) atoms. The van der Waals surface area contributed by atoms with Crippen molar-refractivity contribution >= 4 is 11.9 Å². The van der Waals surface area contributed by atoms with Crippen molar-refractivity contribution in [2.75, 3.05) is 0 Å². The molecule has 1 aliphatic heterocycles. The van der Waals surface area contributed by atoms with Gasteiger partial charge in [-0.3, -0.25) is 4.99 Å². The Morgan fingerprint density at radius 3 is 2.52 bits per heavy atom. The quantitative estimate of drug-likeness (QED) is 0.779. The van der Waals surface area contributed by atoms with Crippen LogP contribution in [0.2, 0.25) is 0 Å². The van der Waals surface area contributed by atoms with Gasteiger partial charge < -0.3 is 14.8 Å². The molecular formula is C19H24N6O2. The summed E-state index contributed by atoms with van der Waals surface area (Å²) in [6.07, 6.45) is 9.84. The Bertz CT molecular complexity index is 899. The molecule has 0 aromatic carbocycles. The van der Waals surface area contributed by atoms with Gasteiger partial charge in [-0.2, -0.15) is 0 Å². The van der Waals surface area contributed by atoms with Crippen molar-refractivity contribution in [3.63, 3.8) is 0 Å². The van der Waals surface area contributed by atoms with Crippen LogP contribution in [0, 0.1) is 12.8 Å². The normalized spacial score (nSPS) is 24.6. The maximum atomic E-state index is 10.3. The minimum absolute atomic E-state index is 0.0364. The number of aliphatic hydroxyl groups is 2. The Hall–Kier alpha value is -2.45. The topological polar surface area (TPSA) is 109 Å². The summed E-state index contributed by atoms with van der Waals surface area (Å²) in [5.41, 5.74) is 1.74. The van der Waals surface area contributed by atoms with Crippen LogP contribution in [0.3, 0.4) is 0 Å². The van der Waals surface area contributed by atoms with Crippen molar-refractivity contribution in [2.24, 2.45) is 10.9 Å². The average molecular weight is 368 g/mol. The van der Waals surface area contributed by atoms with Crippen LogP contribution in [-0.4, -0.2) is 46.9 Å². The first-order valence-electron chi connectivity index (χ1n) is 9.29. The predicted molar refractivity (Wildman–Crippen MR) is 100.0 cm³/mol. The van der Waals surface area contributed by atoms with Crippen molar-refractivity contribution in [1.29, 1.82) is 0 Å². The van der Waals surface area contributed by atoms with Crippen molar-refractivity contribution in [3.05, 3.63) is 41.5 Å². The highest BCUT2D eigenvalue weighted by Gasteiger charge is 2.63. The highest BCUT2D eigenvalue weighted by Crippen LogP contribution is 2.53. The Balaban J connectivity index is 1.70. The van der Waals surface area contributed by atoms with Crippen molar-refractivity contribution < 1.29 is 10.2 Å². The lowest BCUT2D eigenvalue weighted by Gasteiger charge is -2.16. The van der Waals surface area contributed by atoms with E-state index in [-0.39, 0.29) is 11.8 Å². The fourth-order valence-electron chi connectivity index (χ4n) is 3.56. The maximum Gasteiger partial charge on any atom is 0.189 e. The fourth-order valence-corrected chi connectivity index (χ4v) is 3.56. The molecule has 0 spiro atoms. The molecule has 8 nitrogen and oxygen atoms in total. The van der Waals surface area contributed by atoms with Gasteiger partial charge >= 0.3 is 0 Å². The van der Waals surface area contributed by atoms with E-state index in [1.807, 2.05) is 37.6 Å². The number of aliphatic imine (C=N–C) groups is 1. The summed E-state index contributed by atoms with van der Waals surface area (Å²) < 4.78 is 1.85. The molecule has 1 fully saturated rings. The van der Waals surface area contributed by atoms with Crippen molar-refractivity contribution in [2.45, 2.75) is 57.8 Å². The van der Waals surface area contributed by atoms with Crippen LogP contribution in [-0.2, 0) is 6.42 Å². The number of hydrogen-bond acceptors (Lipinski definition) is 7. The largest absolute Gasteiger partial charge is 0.364 e. The van der Waals surface area contributed by atoms with Gasteiger partial charge in [-0.1, -0.05) is 19.9 Å². The van der Waals surface area contributed by atoms with Crippen LogP contribution in [0.25, 0.3) is 5.70 Å². The molecule has 0 saturated heterocycles. The first-order chi connectivity index (χ1) is 12.9. The summed E-state index contributed by atoms with van der Waals surface area (Å²) in [4.78, 5) is 13.2. The lowest BCUT2D eigenvalue weighted by molar-refractivity contribution is -0.0904. The van der Waals surface area contributed by atoms with E-state index >= 15 is 0 Å². The predicted octanol–water partition coefficient (Wildman–Crippen LogP) is 1.80. The zero-order valence-corrected chi connectivity index (χ0v) is 15.7. The number of allylic oxidation sites excluding steroid dienone is 1. The highest BCUT2D eigenvalue weighted by molar-refractivity contribution is 5.74. The first-order valence-corrected chi connectivity index (χ1v) is 9.29. The van der Waals surface area contributed by atoms with Gasteiger partial charge in [-0.25, -0.2) is 9.97 Å². The second-order valence-electron chi connectivity index (χ2n) is 7.53. The smallest absolute Gasteiger partial charge is 0.189 e. The minimum Gasteiger partial charge on any atom is -0.364 e. The lowest BCUT2D eigenvalue weighted by atomic mass is 10.1. The molecule has 2 aromatic rings. The lowest BCUT2D eigenvalue weighted by Crippen LogP contribution is -2.18. The van der Waals surface area contributed by atoms with Crippen LogP contribution < -0.4 is 0 Å². The third-order valence-electron chi connectivity index (χ3n) is 5.33. The molecule has 8 heteroatoms. The Labute approximate surface area is 157 Å². The molecule has 0 amide bonds. The molecule has 2 aromatic heterocycles. The SMILES string of the molecule is Cc1cnc(CC(C)c2nnc(C3=CCCC=N3)n2C2C(C)C2(O)O)nc1. The molecule has 3 heterocycles. The molecule has 2 N–H and O–H groups in total. The van der Waals surface area contributed by atoms with Gasteiger partial charge in [-0.05, 0) is 25.3 Å². The molecule has 142 valence electrons. The number of nitrogens with zero attached hydrogens (tertiary/aromatic N) is 6. The second-order valence-corrected chi connectivity index (χ2v) is 7.53. The van der Waals surface area contributed by atoms with Crippen LogP contribution in [0.15, 0.2) is 23.5 Å². The molecule has 3 atom stereocenters. The first kappa shape index (κ1) is 17.9. The number of aryl methyl sites for hydroxylation is 1. The summed E-state index contributed by atoms with van der Waals surface area (Å²) in [5, 5.41) is 29.3. The van der Waals surface area contributed by atoms with E-state index < -0.39 is 11.8 Å². The third-order valence-corrected chi connectivity index (χ3v) is 5.33. The van der Waals surface area contributed by atoms with Crippen LogP contribution in [0.4, 0.5) is 0 Å². The van der Waals surface area contributed by atoms with E-state index in [0.717, 1.165) is 29.9 Å². The van der Waals surface area contributed by atoms with E-state index in [4.69, 9.17) is 0 Å². The third kappa shape index (κ3) is 3.19. The monoisotopic (exact) mass is 368 g/mol. The van der Waals surface area contributed by atoms with Gasteiger partial charge in [0.2, 0.25) is 0 Å². The highest BCUT2D eigenvalue weighted by atomic mass is 16.5. The minimum atomic E-state index is -1.76. The zero-order chi connectivity index (χ0) is 19.2.